The summed E-state index contributed by atoms with van der Waals surface area (Å²) in [5, 5.41) is 41.7. The Morgan fingerprint density at radius 1 is 0.742 bits per heavy atom. The molecule has 4 atom stereocenters. The van der Waals surface area contributed by atoms with Crippen molar-refractivity contribution in [1.29, 1.82) is 0 Å². The second kappa shape index (κ2) is 14.2. The molecule has 0 heterocycles. The fourth-order valence-electron chi connectivity index (χ4n) is 2.15. The minimum atomic E-state index is -1.68. The molecule has 14 nitrogen and oxygen atoms in total. The van der Waals surface area contributed by atoms with Crippen LogP contribution in [-0.4, -0.2) is 92.6 Å². The molecule has 0 fully saturated rings. The number of aliphatic carboxylic acids is 3. The zero-order valence-corrected chi connectivity index (χ0v) is 17.2. The Hall–Kier alpha value is -2.91. The molecule has 0 aliphatic rings. The van der Waals surface area contributed by atoms with Crippen molar-refractivity contribution in [3.8, 4) is 0 Å². The number of rotatable bonds is 15. The molecule has 0 saturated heterocycles. The molecule has 0 aromatic heterocycles. The number of nitrogens with two attached hydrogens (primary N) is 1. The van der Waals surface area contributed by atoms with Crippen LogP contribution in [0.3, 0.4) is 0 Å². The summed E-state index contributed by atoms with van der Waals surface area (Å²) in [5.41, 5.74) is 5.56. The molecule has 0 aliphatic heterocycles. The molecule has 0 saturated carbocycles. The lowest BCUT2D eigenvalue weighted by atomic mass is 10.1. The van der Waals surface area contributed by atoms with E-state index < -0.39 is 79.2 Å². The highest BCUT2D eigenvalue weighted by Crippen LogP contribution is 2.02. The van der Waals surface area contributed by atoms with E-state index in [0.29, 0.717) is 0 Å². The fraction of sp³-hybridized carbons (Fsp3) is 0.625. The number of carbonyl (C=O) groups is 6. The van der Waals surface area contributed by atoms with Crippen molar-refractivity contribution in [3.63, 3.8) is 0 Å². The Balaban J connectivity index is 5.19. The van der Waals surface area contributed by atoms with Crippen LogP contribution in [0.2, 0.25) is 0 Å². The van der Waals surface area contributed by atoms with Gasteiger partial charge in [-0.2, -0.15) is 12.6 Å². The molecular formula is C16H26N4O10S. The van der Waals surface area contributed by atoms with E-state index in [2.05, 4.69) is 23.3 Å². The van der Waals surface area contributed by atoms with Crippen LogP contribution in [0, 0.1) is 0 Å². The highest BCUT2D eigenvalue weighted by Gasteiger charge is 2.30. The number of carboxylic acids is 3. The van der Waals surface area contributed by atoms with E-state index in [1.807, 2.05) is 5.32 Å². The summed E-state index contributed by atoms with van der Waals surface area (Å²) >= 11 is 3.92. The number of aliphatic hydroxyl groups is 1. The third-order valence-corrected chi connectivity index (χ3v) is 4.26. The third-order valence-electron chi connectivity index (χ3n) is 3.90. The van der Waals surface area contributed by atoms with Gasteiger partial charge in [0.2, 0.25) is 17.7 Å². The van der Waals surface area contributed by atoms with Crippen molar-refractivity contribution in [2.45, 2.75) is 49.9 Å². The minimum absolute atomic E-state index is 0.191. The summed E-state index contributed by atoms with van der Waals surface area (Å²) in [4.78, 5) is 69.1. The van der Waals surface area contributed by atoms with Gasteiger partial charge < -0.3 is 42.1 Å². The van der Waals surface area contributed by atoms with Crippen LogP contribution in [-0.2, 0) is 28.8 Å². The number of amides is 3. The summed E-state index contributed by atoms with van der Waals surface area (Å²) in [5.74, 6) is -7.07. The number of nitrogens with one attached hydrogen (secondary N) is 3. The summed E-state index contributed by atoms with van der Waals surface area (Å²) in [7, 11) is 0. The molecule has 0 aliphatic carbocycles. The summed E-state index contributed by atoms with van der Waals surface area (Å²) < 4.78 is 0. The van der Waals surface area contributed by atoms with Crippen molar-refractivity contribution in [1.82, 2.24) is 16.0 Å². The van der Waals surface area contributed by atoms with Gasteiger partial charge in [0.1, 0.15) is 18.1 Å². The molecule has 0 spiro atoms. The minimum Gasteiger partial charge on any atom is -0.481 e. The Morgan fingerprint density at radius 2 is 1.19 bits per heavy atom. The van der Waals surface area contributed by atoms with E-state index in [1.54, 1.807) is 0 Å². The monoisotopic (exact) mass is 466 g/mol. The number of carboxylic acid groups (broad SMARTS) is 3. The highest BCUT2D eigenvalue weighted by molar-refractivity contribution is 7.80. The third kappa shape index (κ3) is 11.2. The molecule has 0 rings (SSSR count). The Morgan fingerprint density at radius 3 is 1.65 bits per heavy atom. The van der Waals surface area contributed by atoms with Gasteiger partial charge in [-0.05, 0) is 12.8 Å². The van der Waals surface area contributed by atoms with Crippen LogP contribution in [0.25, 0.3) is 0 Å². The Bertz CT molecular complexity index is 689. The zero-order chi connectivity index (χ0) is 24.1. The van der Waals surface area contributed by atoms with Gasteiger partial charge >= 0.3 is 17.9 Å². The smallest absolute Gasteiger partial charge is 0.328 e. The lowest BCUT2D eigenvalue weighted by Gasteiger charge is -2.24. The maximum absolute atomic E-state index is 12.4. The number of carbonyl (C=O) groups excluding carboxylic acids is 3. The molecule has 0 radical (unpaired) electrons. The molecule has 0 aromatic rings. The van der Waals surface area contributed by atoms with Gasteiger partial charge in [0, 0.05) is 18.6 Å². The lowest BCUT2D eigenvalue weighted by Crippen LogP contribution is -2.58. The lowest BCUT2D eigenvalue weighted by molar-refractivity contribution is -0.144. The van der Waals surface area contributed by atoms with Gasteiger partial charge in [0.15, 0.2) is 0 Å². The topological polar surface area (TPSA) is 245 Å². The van der Waals surface area contributed by atoms with Crippen LogP contribution < -0.4 is 21.7 Å². The maximum atomic E-state index is 12.4. The largest absolute Gasteiger partial charge is 0.481 e. The number of hydrogen-bond donors (Lipinski definition) is 9. The maximum Gasteiger partial charge on any atom is 0.328 e. The fourth-order valence-corrected chi connectivity index (χ4v) is 2.41. The normalized spacial score (nSPS) is 14.4. The number of thiol groups is 1. The SMILES string of the molecule is NC(CCC(=O)O)C(=O)NC(CS)C(=O)NC(CCC(=O)O)C(=O)NC(CO)C(=O)O. The van der Waals surface area contributed by atoms with E-state index >= 15 is 0 Å². The molecule has 0 bridgehead atoms. The first-order valence-electron chi connectivity index (χ1n) is 8.97. The molecule has 176 valence electrons. The quantitative estimate of drug-likeness (QED) is 0.107. The predicted molar refractivity (Wildman–Crippen MR) is 106 cm³/mol. The average Bonchev–Trinajstić information content (AvgIpc) is 2.70. The van der Waals surface area contributed by atoms with Crippen LogP contribution in [0.15, 0.2) is 0 Å². The first kappa shape index (κ1) is 28.1. The van der Waals surface area contributed by atoms with E-state index in [1.165, 1.54) is 0 Å². The van der Waals surface area contributed by atoms with E-state index in [4.69, 9.17) is 26.2 Å². The average molecular weight is 466 g/mol. The Kier molecular flexibility index (Phi) is 12.8. The van der Waals surface area contributed by atoms with Gasteiger partial charge in [0.25, 0.3) is 0 Å². The standard InChI is InChI=1S/C16H26N4O10S/c17-7(1-3-11(22)23)13(26)20-10(6-31)15(28)18-8(2-4-12(24)25)14(27)19-9(5-21)16(29)30/h7-10,21,31H,1-6,17H2,(H,18,28)(H,19,27)(H,20,26)(H,22,23)(H,24,25)(H,29,30). The number of aliphatic hydroxyl groups excluding tert-OH is 1. The van der Waals surface area contributed by atoms with Crippen LogP contribution >= 0.6 is 12.6 Å². The van der Waals surface area contributed by atoms with Crippen molar-refractivity contribution in [2.75, 3.05) is 12.4 Å². The molecule has 3 amide bonds. The molecule has 0 aromatic carbocycles. The van der Waals surface area contributed by atoms with Gasteiger partial charge in [-0.1, -0.05) is 0 Å². The molecular weight excluding hydrogens is 440 g/mol. The van der Waals surface area contributed by atoms with E-state index in [9.17, 15) is 28.8 Å². The van der Waals surface area contributed by atoms with Crippen LogP contribution in [0.1, 0.15) is 25.7 Å². The molecule has 4 unspecified atom stereocenters. The van der Waals surface area contributed by atoms with Gasteiger partial charge in [-0.25, -0.2) is 4.79 Å². The summed E-state index contributed by atoms with van der Waals surface area (Å²) in [6.45, 7) is -0.940. The van der Waals surface area contributed by atoms with Crippen molar-refractivity contribution in [2.24, 2.45) is 5.73 Å². The van der Waals surface area contributed by atoms with Crippen molar-refractivity contribution >= 4 is 48.3 Å². The Labute approximate surface area is 182 Å². The van der Waals surface area contributed by atoms with E-state index in [-0.39, 0.29) is 18.6 Å². The number of hydrogen-bond acceptors (Lipinski definition) is 9. The van der Waals surface area contributed by atoms with Gasteiger partial charge in [-0.3, -0.25) is 24.0 Å². The van der Waals surface area contributed by atoms with Crippen molar-refractivity contribution in [3.05, 3.63) is 0 Å². The summed E-state index contributed by atoms with van der Waals surface area (Å²) in [6.07, 6.45) is -1.52. The zero-order valence-electron chi connectivity index (χ0n) is 16.3. The van der Waals surface area contributed by atoms with Crippen molar-refractivity contribution < 1.29 is 49.2 Å². The van der Waals surface area contributed by atoms with Crippen LogP contribution in [0.5, 0.6) is 0 Å². The first-order chi connectivity index (χ1) is 14.4. The molecule has 31 heavy (non-hydrogen) atoms. The van der Waals surface area contributed by atoms with Crippen LogP contribution in [0.4, 0.5) is 0 Å². The van der Waals surface area contributed by atoms with Gasteiger partial charge in [0.05, 0.1) is 12.6 Å². The molecule has 9 N–H and O–H groups in total. The first-order valence-corrected chi connectivity index (χ1v) is 9.60. The molecule has 15 heteroatoms. The highest BCUT2D eigenvalue weighted by atomic mass is 32.1. The second-order valence-corrected chi connectivity index (χ2v) is 6.72. The predicted octanol–water partition coefficient (Wildman–Crippen LogP) is -3.50. The summed E-state index contributed by atoms with van der Waals surface area (Å²) in [6, 6.07) is -5.69. The van der Waals surface area contributed by atoms with E-state index in [0.717, 1.165) is 0 Å². The van der Waals surface area contributed by atoms with Gasteiger partial charge in [-0.15, -0.1) is 0 Å². The second-order valence-electron chi connectivity index (χ2n) is 6.36.